The summed E-state index contributed by atoms with van der Waals surface area (Å²) >= 11 is 1.72. The van der Waals surface area contributed by atoms with E-state index in [-0.39, 0.29) is 70.8 Å². The van der Waals surface area contributed by atoms with Crippen LogP contribution >= 0.6 is 11.3 Å². The molecule has 8 aromatic carbocycles. The number of rotatable bonds is 6. The predicted octanol–water partition coefficient (Wildman–Crippen LogP) is 13.7. The summed E-state index contributed by atoms with van der Waals surface area (Å²) in [5.41, 5.74) is 2.98. The molecular formula is C46H31NS. The Morgan fingerprint density at radius 1 is 0.375 bits per heavy atom. The molecule has 0 spiro atoms. The number of anilines is 3. The third kappa shape index (κ3) is 5.13. The van der Waals surface area contributed by atoms with Gasteiger partial charge in [-0.25, -0.2) is 0 Å². The Morgan fingerprint density at radius 2 is 0.979 bits per heavy atom. The van der Waals surface area contributed by atoms with Crippen LogP contribution in [0, 0.1) is 0 Å². The third-order valence-corrected chi connectivity index (χ3v) is 9.76. The Bertz CT molecular complexity index is 2970. The average Bonchev–Trinajstić information content (AvgIpc) is 3.60. The first kappa shape index (κ1) is 21.0. The van der Waals surface area contributed by atoms with Gasteiger partial charge >= 0.3 is 0 Å². The van der Waals surface area contributed by atoms with E-state index < -0.39 is 0 Å². The van der Waals surface area contributed by atoms with Crippen LogP contribution in [-0.4, -0.2) is 0 Å². The first-order valence-corrected chi connectivity index (χ1v) is 16.5. The van der Waals surface area contributed by atoms with Crippen LogP contribution in [0.1, 0.15) is 11.0 Å². The summed E-state index contributed by atoms with van der Waals surface area (Å²) in [6.45, 7) is 0. The summed E-state index contributed by atoms with van der Waals surface area (Å²) in [4.78, 5) is 1.37. The Kier molecular flexibility index (Phi) is 5.26. The molecule has 2 heteroatoms. The van der Waals surface area contributed by atoms with E-state index in [4.69, 9.17) is 2.74 Å². The van der Waals surface area contributed by atoms with Crippen molar-refractivity contribution in [3.05, 3.63) is 188 Å². The van der Waals surface area contributed by atoms with Gasteiger partial charge in [-0.05, 0) is 98.7 Å². The first-order valence-electron chi connectivity index (χ1n) is 19.7. The molecule has 0 saturated carbocycles. The predicted molar refractivity (Wildman–Crippen MR) is 208 cm³/mol. The van der Waals surface area contributed by atoms with Crippen LogP contribution in [0.5, 0.6) is 0 Å². The van der Waals surface area contributed by atoms with Crippen LogP contribution in [0.15, 0.2) is 188 Å². The fourth-order valence-corrected chi connectivity index (χ4v) is 7.35. The molecule has 0 aliphatic rings. The summed E-state index contributed by atoms with van der Waals surface area (Å²) in [6, 6.07) is 41.0. The Labute approximate surface area is 295 Å². The monoisotopic (exact) mass is 637 g/mol. The molecule has 0 radical (unpaired) electrons. The van der Waals surface area contributed by atoms with Crippen molar-refractivity contribution < 1.29 is 11.0 Å². The van der Waals surface area contributed by atoms with Crippen molar-refractivity contribution in [3.63, 3.8) is 0 Å². The molecule has 9 rings (SSSR count). The summed E-state index contributed by atoms with van der Waals surface area (Å²) in [7, 11) is 0. The highest BCUT2D eigenvalue weighted by Crippen LogP contribution is 2.41. The van der Waals surface area contributed by atoms with Gasteiger partial charge in [0.05, 0.1) is 11.0 Å². The molecule has 48 heavy (non-hydrogen) atoms. The quantitative estimate of drug-likeness (QED) is 0.175. The van der Waals surface area contributed by atoms with E-state index in [1.807, 2.05) is 78.9 Å². The van der Waals surface area contributed by atoms with E-state index in [1.165, 1.54) is 9.60 Å². The van der Waals surface area contributed by atoms with Crippen molar-refractivity contribution in [2.45, 2.75) is 0 Å². The lowest BCUT2D eigenvalue weighted by Gasteiger charge is -2.26. The minimum absolute atomic E-state index is 0.125. The largest absolute Gasteiger partial charge is 0.310 e. The van der Waals surface area contributed by atoms with Crippen molar-refractivity contribution in [2.75, 3.05) is 4.90 Å². The van der Waals surface area contributed by atoms with Crippen LogP contribution in [0.4, 0.5) is 17.1 Å². The fraction of sp³-hybridized carbons (Fsp3) is 0. The van der Waals surface area contributed by atoms with E-state index in [1.54, 1.807) is 47.7 Å². The highest BCUT2D eigenvalue weighted by atomic mass is 32.1. The van der Waals surface area contributed by atoms with Gasteiger partial charge in [0.15, 0.2) is 0 Å². The Morgan fingerprint density at radius 3 is 1.79 bits per heavy atom. The second-order valence-corrected chi connectivity index (χ2v) is 12.6. The molecule has 0 aliphatic heterocycles. The third-order valence-electron chi connectivity index (χ3n) is 8.61. The van der Waals surface area contributed by atoms with E-state index in [0.29, 0.717) is 16.8 Å². The molecule has 226 valence electrons. The molecule has 0 N–H and O–H groups in total. The number of hydrogen-bond acceptors (Lipinski definition) is 2. The molecule has 1 nitrogen and oxygen atoms in total. The minimum atomic E-state index is -0.380. The number of nitrogens with zero attached hydrogens (tertiary/aromatic N) is 1. The van der Waals surface area contributed by atoms with Gasteiger partial charge in [-0.3, -0.25) is 0 Å². The standard InChI is InChI=1S/C46H31NS/c1-2-10-32(11-3-1)33-20-25-38(26-21-33)47(39-27-22-35(23-28-39)42-18-9-13-34-12-4-5-16-41(34)42)40-15-8-14-36(30-40)37-24-29-46-44(31-37)43-17-6-7-19-45(43)48-46/h1-31H/i20D,21D,22D,23D,25D,26D,27D,28D. The van der Waals surface area contributed by atoms with Crippen molar-refractivity contribution in [1.29, 1.82) is 0 Å². The molecule has 0 bridgehead atoms. The average molecular weight is 638 g/mol. The number of thiophene rings is 1. The van der Waals surface area contributed by atoms with E-state index in [9.17, 15) is 8.22 Å². The van der Waals surface area contributed by atoms with Crippen molar-refractivity contribution in [2.24, 2.45) is 0 Å². The lowest BCUT2D eigenvalue weighted by molar-refractivity contribution is 1.28. The zero-order valence-electron chi connectivity index (χ0n) is 33.6. The van der Waals surface area contributed by atoms with Crippen molar-refractivity contribution in [1.82, 2.24) is 0 Å². The summed E-state index contributed by atoms with van der Waals surface area (Å²) in [5, 5.41) is 3.91. The molecule has 0 saturated heterocycles. The molecule has 1 heterocycles. The molecule has 0 amide bonds. The second-order valence-electron chi connectivity index (χ2n) is 11.5. The zero-order chi connectivity index (χ0) is 38.8. The maximum Gasteiger partial charge on any atom is 0.0645 e. The lowest BCUT2D eigenvalue weighted by atomic mass is 9.98. The van der Waals surface area contributed by atoms with Gasteiger partial charge in [0, 0.05) is 37.2 Å². The van der Waals surface area contributed by atoms with Crippen molar-refractivity contribution >= 4 is 59.3 Å². The molecule has 9 aromatic rings. The second kappa shape index (κ2) is 12.0. The van der Waals surface area contributed by atoms with Gasteiger partial charge in [0.2, 0.25) is 0 Å². The zero-order valence-corrected chi connectivity index (χ0v) is 26.5. The van der Waals surface area contributed by atoms with Gasteiger partial charge < -0.3 is 4.90 Å². The van der Waals surface area contributed by atoms with Gasteiger partial charge in [-0.15, -0.1) is 11.3 Å². The SMILES string of the molecule is [2H]c1c([2H])c(N(c2cccc(-c3ccc4sc5ccccc5c4c3)c2)c2c([2H])c([2H])c(-c3cccc4ccccc34)c([2H])c2[2H])c([2H])c([2H])c1-c1ccccc1. The highest BCUT2D eigenvalue weighted by Gasteiger charge is 2.15. The topological polar surface area (TPSA) is 3.24 Å². The smallest absolute Gasteiger partial charge is 0.0645 e. The Hall–Kier alpha value is -5.96. The van der Waals surface area contributed by atoms with Crippen LogP contribution in [-0.2, 0) is 0 Å². The van der Waals surface area contributed by atoms with Crippen LogP contribution in [0.25, 0.3) is 64.3 Å². The van der Waals surface area contributed by atoms with Crippen LogP contribution < -0.4 is 4.90 Å². The molecular weight excluding hydrogens is 599 g/mol. The summed E-state index contributed by atoms with van der Waals surface area (Å²) in [6.07, 6.45) is 0. The van der Waals surface area contributed by atoms with E-state index in [0.717, 1.165) is 37.4 Å². The van der Waals surface area contributed by atoms with Crippen LogP contribution in [0.2, 0.25) is 0 Å². The number of benzene rings is 8. The highest BCUT2D eigenvalue weighted by molar-refractivity contribution is 7.25. The maximum atomic E-state index is 9.50. The number of hydrogen-bond donors (Lipinski definition) is 0. The first-order chi connectivity index (χ1) is 27.1. The van der Waals surface area contributed by atoms with E-state index in [2.05, 4.69) is 24.3 Å². The summed E-state index contributed by atoms with van der Waals surface area (Å²) < 4.78 is 77.2. The molecule has 0 unspecified atom stereocenters. The molecule has 0 fully saturated rings. The molecule has 0 aliphatic carbocycles. The fourth-order valence-electron chi connectivity index (χ4n) is 6.26. The van der Waals surface area contributed by atoms with Crippen LogP contribution in [0.3, 0.4) is 0 Å². The molecule has 0 atom stereocenters. The molecule has 1 aromatic heterocycles. The van der Waals surface area contributed by atoms with Gasteiger partial charge in [-0.2, -0.15) is 0 Å². The normalized spacial score (nSPS) is 13.7. The summed E-state index contributed by atoms with van der Waals surface area (Å²) in [5.74, 6) is 0. The minimum Gasteiger partial charge on any atom is -0.310 e. The van der Waals surface area contributed by atoms with E-state index >= 15 is 0 Å². The Balaban J connectivity index is 1.31. The van der Waals surface area contributed by atoms with Gasteiger partial charge in [0.1, 0.15) is 0 Å². The lowest BCUT2D eigenvalue weighted by Crippen LogP contribution is -2.10. The van der Waals surface area contributed by atoms with Gasteiger partial charge in [-0.1, -0.05) is 133 Å². The number of fused-ring (bicyclic) bond motifs is 4. The maximum absolute atomic E-state index is 9.50. The van der Waals surface area contributed by atoms with Crippen molar-refractivity contribution in [3.8, 4) is 33.4 Å². The van der Waals surface area contributed by atoms with Gasteiger partial charge in [0.25, 0.3) is 0 Å².